The average molecular weight is 282 g/mol. The van der Waals surface area contributed by atoms with Crippen molar-refractivity contribution in [2.75, 3.05) is 5.32 Å². The van der Waals surface area contributed by atoms with E-state index in [0.717, 1.165) is 12.1 Å². The number of rotatable bonds is 2. The Morgan fingerprint density at radius 3 is 2.60 bits per heavy atom. The Bertz CT molecular complexity index is 642. The summed E-state index contributed by atoms with van der Waals surface area (Å²) in [6.45, 7) is 0. The van der Waals surface area contributed by atoms with Gasteiger partial charge in [0, 0.05) is 11.9 Å². The fourth-order valence-electron chi connectivity index (χ4n) is 1.54. The fourth-order valence-corrected chi connectivity index (χ4v) is 1.54. The lowest BCUT2D eigenvalue weighted by molar-refractivity contribution is -0.137. The van der Waals surface area contributed by atoms with E-state index in [1.165, 1.54) is 30.5 Å². The number of pyridine rings is 1. The molecule has 0 saturated carbocycles. The molecular weight excluding hydrogens is 273 g/mol. The summed E-state index contributed by atoms with van der Waals surface area (Å²) in [7, 11) is 0. The molecule has 0 atom stereocenters. The molecule has 4 nitrogen and oxygen atoms in total. The number of anilines is 1. The second-order valence-electron chi connectivity index (χ2n) is 3.90. The fraction of sp³-hybridized carbons (Fsp3) is 0.0769. The first-order valence-electron chi connectivity index (χ1n) is 5.50. The van der Waals surface area contributed by atoms with Gasteiger partial charge in [0.15, 0.2) is 5.69 Å². The molecule has 0 bridgehead atoms. The van der Waals surface area contributed by atoms with Gasteiger partial charge in [0.05, 0.1) is 5.56 Å². The van der Waals surface area contributed by atoms with Gasteiger partial charge in [-0.15, -0.1) is 0 Å². The molecule has 7 heteroatoms. The Morgan fingerprint density at radius 2 is 1.95 bits per heavy atom. The molecule has 2 N–H and O–H groups in total. The standard InChI is InChI=1S/C13H9F3N2O2/c14-13(15,16)8-3-1-4-9(7-8)18-12(20)11-10(19)5-2-6-17-11/h1-7,19H,(H,18,20). The number of carbonyl (C=O) groups is 1. The van der Waals surface area contributed by atoms with Crippen molar-refractivity contribution in [3.8, 4) is 5.75 Å². The maximum absolute atomic E-state index is 12.5. The van der Waals surface area contributed by atoms with Crippen LogP contribution in [0, 0.1) is 0 Å². The minimum Gasteiger partial charge on any atom is -0.505 e. The Morgan fingerprint density at radius 1 is 1.20 bits per heavy atom. The predicted molar refractivity (Wildman–Crippen MR) is 65.3 cm³/mol. The molecule has 0 unspecified atom stereocenters. The Hall–Kier alpha value is -2.57. The van der Waals surface area contributed by atoms with Crippen molar-refractivity contribution in [2.45, 2.75) is 6.18 Å². The van der Waals surface area contributed by atoms with E-state index in [0.29, 0.717) is 0 Å². The van der Waals surface area contributed by atoms with Crippen LogP contribution in [0.5, 0.6) is 5.75 Å². The average Bonchev–Trinajstić information content (AvgIpc) is 2.38. The molecule has 104 valence electrons. The van der Waals surface area contributed by atoms with Gasteiger partial charge in [0.2, 0.25) is 0 Å². The maximum Gasteiger partial charge on any atom is 0.416 e. The molecule has 2 aromatic rings. The van der Waals surface area contributed by atoms with E-state index < -0.39 is 17.6 Å². The van der Waals surface area contributed by atoms with Gasteiger partial charge in [-0.2, -0.15) is 13.2 Å². The van der Waals surface area contributed by atoms with Gasteiger partial charge in [-0.1, -0.05) is 6.07 Å². The van der Waals surface area contributed by atoms with Crippen molar-refractivity contribution in [2.24, 2.45) is 0 Å². The molecule has 0 aliphatic carbocycles. The number of aromatic nitrogens is 1. The van der Waals surface area contributed by atoms with Gasteiger partial charge in [0.1, 0.15) is 5.75 Å². The highest BCUT2D eigenvalue weighted by atomic mass is 19.4. The summed E-state index contributed by atoms with van der Waals surface area (Å²) in [5, 5.41) is 11.7. The van der Waals surface area contributed by atoms with E-state index in [9.17, 15) is 23.1 Å². The molecule has 0 fully saturated rings. The van der Waals surface area contributed by atoms with Crippen LogP contribution in [0.15, 0.2) is 42.6 Å². The lowest BCUT2D eigenvalue weighted by Gasteiger charge is -2.10. The summed E-state index contributed by atoms with van der Waals surface area (Å²) in [5.74, 6) is -1.14. The third kappa shape index (κ3) is 3.05. The van der Waals surface area contributed by atoms with Crippen LogP contribution < -0.4 is 5.32 Å². The van der Waals surface area contributed by atoms with Crippen LogP contribution in [-0.2, 0) is 6.18 Å². The lowest BCUT2D eigenvalue weighted by Crippen LogP contribution is -2.14. The number of alkyl halides is 3. The number of hydrogen-bond acceptors (Lipinski definition) is 3. The molecule has 20 heavy (non-hydrogen) atoms. The van der Waals surface area contributed by atoms with Crippen LogP contribution >= 0.6 is 0 Å². The van der Waals surface area contributed by atoms with Crippen LogP contribution in [0.25, 0.3) is 0 Å². The molecule has 0 saturated heterocycles. The Kier molecular flexibility index (Phi) is 3.60. The van der Waals surface area contributed by atoms with Crippen LogP contribution in [0.3, 0.4) is 0 Å². The molecule has 2 rings (SSSR count). The van der Waals surface area contributed by atoms with Crippen molar-refractivity contribution in [1.82, 2.24) is 4.98 Å². The highest BCUT2D eigenvalue weighted by molar-refractivity contribution is 6.04. The van der Waals surface area contributed by atoms with Crippen LogP contribution in [-0.4, -0.2) is 16.0 Å². The molecule has 1 aromatic carbocycles. The zero-order valence-electron chi connectivity index (χ0n) is 9.98. The first-order chi connectivity index (χ1) is 9.38. The maximum atomic E-state index is 12.5. The van der Waals surface area contributed by atoms with E-state index in [2.05, 4.69) is 10.3 Å². The monoisotopic (exact) mass is 282 g/mol. The van der Waals surface area contributed by atoms with Crippen molar-refractivity contribution >= 4 is 11.6 Å². The number of nitrogens with one attached hydrogen (secondary N) is 1. The molecule has 1 heterocycles. The lowest BCUT2D eigenvalue weighted by atomic mass is 10.2. The molecule has 0 radical (unpaired) electrons. The number of hydrogen-bond donors (Lipinski definition) is 2. The molecule has 1 aromatic heterocycles. The second kappa shape index (κ2) is 5.20. The Labute approximate surface area is 111 Å². The smallest absolute Gasteiger partial charge is 0.416 e. The minimum atomic E-state index is -4.49. The number of carbonyl (C=O) groups excluding carboxylic acids is 1. The Balaban J connectivity index is 2.23. The van der Waals surface area contributed by atoms with E-state index >= 15 is 0 Å². The second-order valence-corrected chi connectivity index (χ2v) is 3.90. The zero-order chi connectivity index (χ0) is 14.8. The number of amides is 1. The van der Waals surface area contributed by atoms with Crippen molar-refractivity contribution in [1.29, 1.82) is 0 Å². The largest absolute Gasteiger partial charge is 0.505 e. The highest BCUT2D eigenvalue weighted by Crippen LogP contribution is 2.30. The van der Waals surface area contributed by atoms with Gasteiger partial charge in [-0.25, -0.2) is 4.98 Å². The van der Waals surface area contributed by atoms with Crippen LogP contribution in [0.2, 0.25) is 0 Å². The molecule has 1 amide bonds. The molecule has 0 spiro atoms. The molecule has 0 aliphatic rings. The first-order valence-corrected chi connectivity index (χ1v) is 5.50. The van der Waals surface area contributed by atoms with Gasteiger partial charge >= 0.3 is 6.18 Å². The SMILES string of the molecule is O=C(Nc1cccc(C(F)(F)F)c1)c1ncccc1O. The number of benzene rings is 1. The summed E-state index contributed by atoms with van der Waals surface area (Å²) < 4.78 is 37.6. The summed E-state index contributed by atoms with van der Waals surface area (Å²) in [4.78, 5) is 15.4. The number of aromatic hydroxyl groups is 1. The predicted octanol–water partition coefficient (Wildman–Crippen LogP) is 3.06. The quantitative estimate of drug-likeness (QED) is 0.889. The van der Waals surface area contributed by atoms with E-state index in [1.807, 2.05) is 0 Å². The third-order valence-corrected chi connectivity index (χ3v) is 2.45. The minimum absolute atomic E-state index is 0.0325. The first kappa shape index (κ1) is 13.9. The van der Waals surface area contributed by atoms with Gasteiger partial charge < -0.3 is 10.4 Å². The van der Waals surface area contributed by atoms with E-state index in [4.69, 9.17) is 0 Å². The van der Waals surface area contributed by atoms with Gasteiger partial charge in [0.25, 0.3) is 5.91 Å². The van der Waals surface area contributed by atoms with E-state index in [-0.39, 0.29) is 17.1 Å². The van der Waals surface area contributed by atoms with Crippen molar-refractivity contribution < 1.29 is 23.1 Å². The number of nitrogens with zero attached hydrogens (tertiary/aromatic N) is 1. The summed E-state index contributed by atoms with van der Waals surface area (Å²) in [5.41, 5.74) is -1.17. The summed E-state index contributed by atoms with van der Waals surface area (Å²) in [6, 6.07) is 6.88. The van der Waals surface area contributed by atoms with Crippen LogP contribution in [0.1, 0.15) is 16.1 Å². The summed E-state index contributed by atoms with van der Waals surface area (Å²) >= 11 is 0. The topological polar surface area (TPSA) is 62.2 Å². The molecule has 0 aliphatic heterocycles. The van der Waals surface area contributed by atoms with Crippen LogP contribution in [0.4, 0.5) is 18.9 Å². The summed E-state index contributed by atoms with van der Waals surface area (Å²) in [6.07, 6.45) is -3.20. The van der Waals surface area contributed by atoms with Crippen molar-refractivity contribution in [3.63, 3.8) is 0 Å². The van der Waals surface area contributed by atoms with Gasteiger partial charge in [-0.05, 0) is 30.3 Å². The molecular formula is C13H9F3N2O2. The normalized spacial score (nSPS) is 11.2. The highest BCUT2D eigenvalue weighted by Gasteiger charge is 2.30. The third-order valence-electron chi connectivity index (χ3n) is 2.45. The van der Waals surface area contributed by atoms with Crippen molar-refractivity contribution in [3.05, 3.63) is 53.9 Å². The zero-order valence-corrected chi connectivity index (χ0v) is 9.98. The van der Waals surface area contributed by atoms with Gasteiger partial charge in [-0.3, -0.25) is 4.79 Å². The van der Waals surface area contributed by atoms with E-state index in [1.54, 1.807) is 0 Å². The number of halogens is 3.